The maximum absolute atomic E-state index is 13.1. The molecule has 0 unspecified atom stereocenters. The van der Waals surface area contributed by atoms with E-state index in [1.807, 2.05) is 0 Å². The Hall–Kier alpha value is -2.73. The summed E-state index contributed by atoms with van der Waals surface area (Å²) in [4.78, 5) is 15.1. The fraction of sp³-hybridized carbons (Fsp3) is 0.474. The molecule has 0 amide bonds. The van der Waals surface area contributed by atoms with Crippen LogP contribution in [0.25, 0.3) is 17.0 Å². The molecule has 0 bridgehead atoms. The second-order valence-electron chi connectivity index (χ2n) is 8.29. The van der Waals surface area contributed by atoms with Crippen LogP contribution in [0.5, 0.6) is 0 Å². The highest BCUT2D eigenvalue weighted by Crippen LogP contribution is 2.41. The Morgan fingerprint density at radius 3 is 2.68 bits per heavy atom. The number of fused-ring (bicyclic) bond motifs is 1. The van der Waals surface area contributed by atoms with Crippen LogP contribution in [0.1, 0.15) is 25.0 Å². The van der Waals surface area contributed by atoms with E-state index in [0.29, 0.717) is 42.5 Å². The molecule has 2 saturated heterocycles. The molecule has 2 fully saturated rings. The first-order chi connectivity index (χ1) is 14.7. The van der Waals surface area contributed by atoms with Gasteiger partial charge < -0.3 is 4.90 Å². The van der Waals surface area contributed by atoms with Gasteiger partial charge >= 0.3 is 0 Å². The van der Waals surface area contributed by atoms with Crippen molar-refractivity contribution < 1.29 is 17.2 Å². The van der Waals surface area contributed by atoms with Gasteiger partial charge in [-0.15, -0.1) is 0 Å². The molecule has 0 radical (unpaired) electrons. The topological polar surface area (TPSA) is 96.6 Å². The number of nitrogens with zero attached hydrogens (tertiary/aromatic N) is 7. The minimum Gasteiger partial charge on any atom is -0.356 e. The molecule has 0 N–H and O–H groups in total. The first-order valence-corrected chi connectivity index (χ1v) is 11.7. The van der Waals surface area contributed by atoms with E-state index in [4.69, 9.17) is 0 Å². The van der Waals surface area contributed by atoms with Gasteiger partial charge in [0, 0.05) is 37.7 Å². The van der Waals surface area contributed by atoms with Gasteiger partial charge in [-0.2, -0.15) is 5.10 Å². The van der Waals surface area contributed by atoms with Crippen LogP contribution < -0.4 is 4.90 Å². The maximum atomic E-state index is 13.1. The van der Waals surface area contributed by atoms with Crippen LogP contribution in [0.2, 0.25) is 0 Å². The number of hydrogen-bond acceptors (Lipinski definition) is 7. The monoisotopic (exact) mass is 449 g/mol. The second kappa shape index (κ2) is 7.16. The molecule has 164 valence electrons. The Bertz CT molecular complexity index is 1240. The number of aromatic nitrogens is 5. The Morgan fingerprint density at radius 1 is 1.13 bits per heavy atom. The lowest BCUT2D eigenvalue weighted by Crippen LogP contribution is -2.64. The van der Waals surface area contributed by atoms with Crippen molar-refractivity contribution in [3.8, 4) is 11.4 Å². The Kier molecular flexibility index (Phi) is 4.66. The third-order valence-corrected chi connectivity index (χ3v) is 7.20. The van der Waals surface area contributed by atoms with Crippen molar-refractivity contribution in [3.63, 3.8) is 0 Å². The van der Waals surface area contributed by atoms with Crippen LogP contribution in [-0.2, 0) is 10.0 Å². The smallest absolute Gasteiger partial charge is 0.282 e. The molecule has 3 aromatic heterocycles. The molecule has 5 rings (SSSR count). The molecule has 2 aliphatic rings. The third-order valence-electron chi connectivity index (χ3n) is 6.00. The summed E-state index contributed by atoms with van der Waals surface area (Å²) >= 11 is 0. The number of alkyl halides is 2. The Balaban J connectivity index is 1.42. The molecule has 9 nitrogen and oxygen atoms in total. The molecule has 31 heavy (non-hydrogen) atoms. The van der Waals surface area contributed by atoms with E-state index < -0.39 is 16.4 Å². The molecular weight excluding hydrogens is 428 g/mol. The summed E-state index contributed by atoms with van der Waals surface area (Å²) in [5.74, 6) is 0.710. The van der Waals surface area contributed by atoms with E-state index in [2.05, 4.69) is 25.0 Å². The predicted octanol–water partition coefficient (Wildman–Crippen LogP) is 1.99. The van der Waals surface area contributed by atoms with Crippen LogP contribution in [0.15, 0.2) is 30.7 Å². The summed E-state index contributed by atoms with van der Waals surface area (Å²) in [7, 11) is -3.17. The van der Waals surface area contributed by atoms with Gasteiger partial charge in [0.25, 0.3) is 6.43 Å². The zero-order valence-electron chi connectivity index (χ0n) is 16.8. The third kappa shape index (κ3) is 3.63. The van der Waals surface area contributed by atoms with Crippen LogP contribution in [0, 0.1) is 5.41 Å². The summed E-state index contributed by atoms with van der Waals surface area (Å²) in [6.45, 7) is 2.55. The van der Waals surface area contributed by atoms with E-state index in [0.717, 1.165) is 19.4 Å². The highest BCUT2D eigenvalue weighted by atomic mass is 32.2. The van der Waals surface area contributed by atoms with Crippen molar-refractivity contribution >= 4 is 21.5 Å². The number of piperidine rings is 1. The van der Waals surface area contributed by atoms with Crippen LogP contribution in [-0.4, -0.2) is 69.7 Å². The van der Waals surface area contributed by atoms with E-state index >= 15 is 0 Å². The van der Waals surface area contributed by atoms with Gasteiger partial charge in [-0.05, 0) is 25.0 Å². The molecule has 2 aliphatic heterocycles. The van der Waals surface area contributed by atoms with E-state index in [9.17, 15) is 17.2 Å². The quantitative estimate of drug-likeness (QED) is 0.601. The fourth-order valence-corrected chi connectivity index (χ4v) is 5.45. The normalized spacial score (nSPS) is 19.3. The van der Waals surface area contributed by atoms with Gasteiger partial charge in [0.15, 0.2) is 5.65 Å². The van der Waals surface area contributed by atoms with Crippen molar-refractivity contribution in [2.45, 2.75) is 19.3 Å². The molecule has 1 spiro atoms. The number of imidazole rings is 1. The minimum absolute atomic E-state index is 0.0660. The number of rotatable bonds is 4. The van der Waals surface area contributed by atoms with Crippen molar-refractivity contribution in [1.29, 1.82) is 0 Å². The largest absolute Gasteiger partial charge is 0.356 e. The second-order valence-corrected chi connectivity index (χ2v) is 10.3. The van der Waals surface area contributed by atoms with E-state index in [-0.39, 0.29) is 11.1 Å². The van der Waals surface area contributed by atoms with E-state index in [1.165, 1.54) is 33.5 Å². The minimum atomic E-state index is -3.17. The van der Waals surface area contributed by atoms with Crippen molar-refractivity contribution in [3.05, 3.63) is 36.4 Å². The van der Waals surface area contributed by atoms with Gasteiger partial charge in [-0.25, -0.2) is 41.0 Å². The summed E-state index contributed by atoms with van der Waals surface area (Å²) in [6.07, 6.45) is 3.45. The summed E-state index contributed by atoms with van der Waals surface area (Å²) in [6, 6.07) is 4.55. The molecule has 0 saturated carbocycles. The zero-order valence-corrected chi connectivity index (χ0v) is 17.6. The molecule has 5 heterocycles. The fourth-order valence-electron chi connectivity index (χ4n) is 4.44. The molecule has 0 aromatic carbocycles. The lowest BCUT2D eigenvalue weighted by Gasteiger charge is -2.53. The number of sulfonamides is 1. The van der Waals surface area contributed by atoms with Crippen molar-refractivity contribution in [1.82, 2.24) is 28.9 Å². The lowest BCUT2D eigenvalue weighted by atomic mass is 9.75. The van der Waals surface area contributed by atoms with E-state index in [1.54, 1.807) is 12.3 Å². The molecule has 12 heteroatoms. The first-order valence-electron chi connectivity index (χ1n) is 9.89. The predicted molar refractivity (Wildman–Crippen MR) is 109 cm³/mol. The van der Waals surface area contributed by atoms with Crippen molar-refractivity contribution in [2.75, 3.05) is 37.3 Å². The van der Waals surface area contributed by atoms with Gasteiger partial charge in [0.1, 0.15) is 23.5 Å². The lowest BCUT2D eigenvalue weighted by molar-refractivity contribution is 0.0540. The summed E-state index contributed by atoms with van der Waals surface area (Å²) < 4.78 is 52.6. The Labute approximate surface area is 177 Å². The number of anilines is 1. The van der Waals surface area contributed by atoms with Gasteiger partial charge in [-0.1, -0.05) is 0 Å². The van der Waals surface area contributed by atoms with Gasteiger partial charge in [0.2, 0.25) is 10.0 Å². The molecular formula is C19H21F2N7O2S. The summed E-state index contributed by atoms with van der Waals surface area (Å²) in [5.41, 5.74) is 1.08. The number of hydrogen-bond donors (Lipinski definition) is 0. The van der Waals surface area contributed by atoms with Crippen molar-refractivity contribution in [2.24, 2.45) is 5.41 Å². The van der Waals surface area contributed by atoms with Crippen LogP contribution in [0.4, 0.5) is 14.6 Å². The zero-order chi connectivity index (χ0) is 21.8. The summed E-state index contributed by atoms with van der Waals surface area (Å²) in [5, 5.41) is 4.00. The van der Waals surface area contributed by atoms with Gasteiger partial charge in [-0.3, -0.25) is 0 Å². The molecule has 3 aromatic rings. The SMILES string of the molecule is CS(=O)(=O)N1CC2(CCCN(c3cc(-c4cnc5ccc(C(F)F)nn45)ncn3)C2)C1. The maximum Gasteiger partial charge on any atom is 0.282 e. The highest BCUT2D eigenvalue weighted by molar-refractivity contribution is 7.88. The highest BCUT2D eigenvalue weighted by Gasteiger charge is 2.49. The number of halogens is 2. The molecule has 0 atom stereocenters. The van der Waals surface area contributed by atoms with Gasteiger partial charge in [0.05, 0.1) is 18.1 Å². The average molecular weight is 449 g/mol. The standard InChI is InChI=1S/C19H21F2N7O2S/c1-31(29,30)27-10-19(11-27)5-2-6-26(9-19)17-7-14(23-12-24-17)15-8-22-16-4-3-13(18(20)21)25-28(15)16/h3-4,7-8,12,18H,2,5-6,9-11H2,1H3. The average Bonchev–Trinajstić information content (AvgIpc) is 3.14. The first kappa shape index (κ1) is 20.2. The van der Waals surface area contributed by atoms with Crippen LogP contribution >= 0.6 is 0 Å². The van der Waals surface area contributed by atoms with Crippen LogP contribution in [0.3, 0.4) is 0 Å². The Morgan fingerprint density at radius 2 is 1.94 bits per heavy atom. The molecule has 0 aliphatic carbocycles.